The third-order valence-electron chi connectivity index (χ3n) is 3.97. The fourth-order valence-corrected chi connectivity index (χ4v) is 3.78. The topological polar surface area (TPSA) is 102 Å². The lowest BCUT2D eigenvalue weighted by Crippen LogP contribution is -2.18. The third-order valence-corrected chi connectivity index (χ3v) is 6.83. The lowest BCUT2D eigenvalue weighted by atomic mass is 10.2. The minimum Gasteiger partial charge on any atom is -0.373 e. The maximum Gasteiger partial charge on any atom is 0.240 e. The first kappa shape index (κ1) is 23.0. The molecular weight excluding hydrogens is 412 g/mol. The summed E-state index contributed by atoms with van der Waals surface area (Å²) in [6, 6.07) is 13.1. The molecule has 9 heteroatoms. The molecule has 2 N–H and O–H groups in total. The summed E-state index contributed by atoms with van der Waals surface area (Å²) in [6.07, 6.45) is 7.38. The molecule has 0 bridgehead atoms. The predicted molar refractivity (Wildman–Crippen MR) is 114 cm³/mol. The smallest absolute Gasteiger partial charge is 0.240 e. The number of hydrogen-bond donors (Lipinski definition) is 2. The van der Waals surface area contributed by atoms with Crippen LogP contribution in [-0.2, 0) is 24.8 Å². The zero-order chi connectivity index (χ0) is 21.3. The SMILES string of the molecule is CNS(=O)(=O)c1ccc(C=CCOCC=Cc2ccc(S(=O)(=O)NC)cc2)cc1. The van der Waals surface area contributed by atoms with Crippen molar-refractivity contribution in [3.05, 3.63) is 71.8 Å². The zero-order valence-electron chi connectivity index (χ0n) is 16.2. The van der Waals surface area contributed by atoms with Crippen LogP contribution in [0.1, 0.15) is 11.1 Å². The number of nitrogens with one attached hydrogen (secondary N) is 2. The number of ether oxygens (including phenoxy) is 1. The molecule has 29 heavy (non-hydrogen) atoms. The highest BCUT2D eigenvalue weighted by atomic mass is 32.2. The van der Waals surface area contributed by atoms with Crippen LogP contribution in [0.2, 0.25) is 0 Å². The van der Waals surface area contributed by atoms with Crippen molar-refractivity contribution in [2.45, 2.75) is 9.79 Å². The van der Waals surface area contributed by atoms with E-state index >= 15 is 0 Å². The second-order valence-electron chi connectivity index (χ2n) is 5.90. The summed E-state index contributed by atoms with van der Waals surface area (Å²) >= 11 is 0. The van der Waals surface area contributed by atoms with Gasteiger partial charge in [-0.2, -0.15) is 0 Å². The molecule has 156 valence electrons. The van der Waals surface area contributed by atoms with Crippen molar-refractivity contribution in [1.29, 1.82) is 0 Å². The van der Waals surface area contributed by atoms with Crippen LogP contribution in [0.3, 0.4) is 0 Å². The fraction of sp³-hybridized carbons (Fsp3) is 0.200. The minimum absolute atomic E-state index is 0.218. The number of sulfonamides is 2. The molecule has 2 aromatic rings. The van der Waals surface area contributed by atoms with Gasteiger partial charge in [-0.15, -0.1) is 0 Å². The quantitative estimate of drug-likeness (QED) is 0.556. The Morgan fingerprint density at radius 3 is 1.34 bits per heavy atom. The van der Waals surface area contributed by atoms with Gasteiger partial charge in [-0.25, -0.2) is 26.3 Å². The first-order valence-corrected chi connectivity index (χ1v) is 11.7. The molecule has 2 rings (SSSR count). The lowest BCUT2D eigenvalue weighted by Gasteiger charge is -2.02. The fourth-order valence-electron chi connectivity index (χ4n) is 2.32. The van der Waals surface area contributed by atoms with Gasteiger partial charge >= 0.3 is 0 Å². The Bertz CT molecular complexity index is 969. The largest absolute Gasteiger partial charge is 0.373 e. The highest BCUT2D eigenvalue weighted by molar-refractivity contribution is 7.89. The Morgan fingerprint density at radius 2 is 1.03 bits per heavy atom. The highest BCUT2D eigenvalue weighted by Gasteiger charge is 2.10. The van der Waals surface area contributed by atoms with Gasteiger partial charge in [0.05, 0.1) is 23.0 Å². The molecule has 0 heterocycles. The Morgan fingerprint density at radius 1 is 0.690 bits per heavy atom. The third kappa shape index (κ3) is 6.91. The number of benzene rings is 2. The van der Waals surface area contributed by atoms with Crippen LogP contribution >= 0.6 is 0 Å². The Hall–Kier alpha value is -2.30. The van der Waals surface area contributed by atoms with Crippen LogP contribution in [-0.4, -0.2) is 44.1 Å². The first-order chi connectivity index (χ1) is 13.8. The van der Waals surface area contributed by atoms with E-state index in [1.54, 1.807) is 48.5 Å². The predicted octanol–water partition coefficient (Wildman–Crippen LogP) is 2.25. The summed E-state index contributed by atoms with van der Waals surface area (Å²) in [5.41, 5.74) is 1.74. The van der Waals surface area contributed by atoms with E-state index in [2.05, 4.69) is 9.44 Å². The lowest BCUT2D eigenvalue weighted by molar-refractivity contribution is 0.195. The summed E-state index contributed by atoms with van der Waals surface area (Å²) < 4.78 is 56.7. The van der Waals surface area contributed by atoms with Gasteiger partial charge in [-0.3, -0.25) is 0 Å². The van der Waals surface area contributed by atoms with Gasteiger partial charge in [0.25, 0.3) is 0 Å². The molecule has 0 aliphatic carbocycles. The van der Waals surface area contributed by atoms with Gasteiger partial charge in [-0.1, -0.05) is 48.6 Å². The molecule has 0 aliphatic rings. The first-order valence-electron chi connectivity index (χ1n) is 8.76. The van der Waals surface area contributed by atoms with Crippen LogP contribution < -0.4 is 9.44 Å². The normalized spacial score (nSPS) is 12.8. The van der Waals surface area contributed by atoms with Crippen molar-refractivity contribution < 1.29 is 21.6 Å². The van der Waals surface area contributed by atoms with E-state index in [0.717, 1.165) is 11.1 Å². The van der Waals surface area contributed by atoms with Crippen LogP contribution in [0.15, 0.2) is 70.5 Å². The van der Waals surface area contributed by atoms with Crippen molar-refractivity contribution >= 4 is 32.2 Å². The van der Waals surface area contributed by atoms with E-state index < -0.39 is 20.0 Å². The second kappa shape index (κ2) is 10.5. The van der Waals surface area contributed by atoms with Gasteiger partial charge < -0.3 is 4.74 Å². The molecule has 0 fully saturated rings. The molecular formula is C20H24N2O5S2. The van der Waals surface area contributed by atoms with Gasteiger partial charge in [0, 0.05) is 0 Å². The monoisotopic (exact) mass is 436 g/mol. The average Bonchev–Trinajstić information content (AvgIpc) is 2.73. The van der Waals surface area contributed by atoms with Gasteiger partial charge in [0.2, 0.25) is 20.0 Å². The van der Waals surface area contributed by atoms with Crippen LogP contribution in [0, 0.1) is 0 Å². The molecule has 2 aromatic carbocycles. The van der Waals surface area contributed by atoms with E-state index in [9.17, 15) is 16.8 Å². The summed E-state index contributed by atoms with van der Waals surface area (Å²) in [5, 5.41) is 0. The standard InChI is InChI=1S/C20H24N2O5S2/c1-21-28(23,24)19-11-7-17(8-12-19)5-3-15-27-16-4-6-18-9-13-20(14-10-18)29(25,26)22-2/h3-14,21-22H,15-16H2,1-2H3. The van der Waals surface area contributed by atoms with Crippen molar-refractivity contribution in [3.8, 4) is 0 Å². The number of rotatable bonds is 10. The van der Waals surface area contributed by atoms with Gasteiger partial charge in [0.15, 0.2) is 0 Å². The molecule has 0 saturated carbocycles. The Balaban J connectivity index is 1.78. The maximum absolute atomic E-state index is 11.7. The molecule has 0 spiro atoms. The molecule has 0 radical (unpaired) electrons. The van der Waals surface area contributed by atoms with E-state index in [0.29, 0.717) is 13.2 Å². The molecule has 0 amide bonds. The minimum atomic E-state index is -3.42. The van der Waals surface area contributed by atoms with Crippen LogP contribution in [0.25, 0.3) is 12.2 Å². The van der Waals surface area contributed by atoms with Crippen molar-refractivity contribution in [3.63, 3.8) is 0 Å². The van der Waals surface area contributed by atoms with Crippen molar-refractivity contribution in [1.82, 2.24) is 9.44 Å². The van der Waals surface area contributed by atoms with Crippen molar-refractivity contribution in [2.75, 3.05) is 27.3 Å². The highest BCUT2D eigenvalue weighted by Crippen LogP contribution is 2.12. The zero-order valence-corrected chi connectivity index (χ0v) is 17.8. The Labute approximate surface area is 172 Å². The second-order valence-corrected chi connectivity index (χ2v) is 9.67. The van der Waals surface area contributed by atoms with Crippen LogP contribution in [0.5, 0.6) is 0 Å². The van der Waals surface area contributed by atoms with Crippen molar-refractivity contribution in [2.24, 2.45) is 0 Å². The van der Waals surface area contributed by atoms with E-state index in [4.69, 9.17) is 4.74 Å². The van der Waals surface area contributed by atoms with Crippen LogP contribution in [0.4, 0.5) is 0 Å². The summed E-state index contributed by atoms with van der Waals surface area (Å²) in [5.74, 6) is 0. The molecule has 7 nitrogen and oxygen atoms in total. The molecule has 0 atom stereocenters. The molecule has 0 unspecified atom stereocenters. The average molecular weight is 437 g/mol. The number of hydrogen-bond acceptors (Lipinski definition) is 5. The van der Waals surface area contributed by atoms with Gasteiger partial charge in [-0.05, 0) is 49.5 Å². The molecule has 0 aliphatic heterocycles. The van der Waals surface area contributed by atoms with E-state index in [1.165, 1.54) is 14.1 Å². The van der Waals surface area contributed by atoms with E-state index in [-0.39, 0.29) is 9.79 Å². The molecule has 0 aromatic heterocycles. The Kier molecular flexibility index (Phi) is 8.30. The summed E-state index contributed by atoms with van der Waals surface area (Å²) in [6.45, 7) is 0.806. The summed E-state index contributed by atoms with van der Waals surface area (Å²) in [4.78, 5) is 0.435. The summed E-state index contributed by atoms with van der Waals surface area (Å²) in [7, 11) is -4.10. The molecule has 0 saturated heterocycles. The van der Waals surface area contributed by atoms with Gasteiger partial charge in [0.1, 0.15) is 0 Å². The maximum atomic E-state index is 11.7. The van der Waals surface area contributed by atoms with E-state index in [1.807, 2.05) is 24.3 Å².